The number of benzene rings is 1. The van der Waals surface area contributed by atoms with Crippen molar-refractivity contribution in [1.29, 1.82) is 0 Å². The molecule has 0 aliphatic carbocycles. The number of aromatic nitrogens is 2. The van der Waals surface area contributed by atoms with Crippen LogP contribution in [0.5, 0.6) is 0 Å². The Morgan fingerprint density at radius 2 is 2.21 bits per heavy atom. The number of ether oxygens (including phenoxy) is 1. The molecule has 1 atom stereocenters. The lowest BCUT2D eigenvalue weighted by Crippen LogP contribution is -2.07. The summed E-state index contributed by atoms with van der Waals surface area (Å²) in [5.41, 5.74) is 1.86. The zero-order valence-corrected chi connectivity index (χ0v) is 10.4. The molecule has 1 aliphatic rings. The molecule has 2 heterocycles. The third-order valence-corrected chi connectivity index (χ3v) is 3.17. The van der Waals surface area contributed by atoms with Gasteiger partial charge in [-0.3, -0.25) is 9.48 Å². The van der Waals surface area contributed by atoms with Crippen LogP contribution in [-0.4, -0.2) is 21.5 Å². The first-order valence-electron chi connectivity index (χ1n) is 5.97. The van der Waals surface area contributed by atoms with E-state index in [1.165, 1.54) is 6.20 Å². The Balaban J connectivity index is 1.82. The van der Waals surface area contributed by atoms with Gasteiger partial charge in [0.25, 0.3) is 0 Å². The lowest BCUT2D eigenvalue weighted by molar-refractivity contribution is 0.0367. The fourth-order valence-corrected chi connectivity index (χ4v) is 2.22. The summed E-state index contributed by atoms with van der Waals surface area (Å²) in [5.74, 6) is -0.442. The molecule has 1 aliphatic heterocycles. The number of hydrogen-bond donors (Lipinski definition) is 0. The van der Waals surface area contributed by atoms with Crippen LogP contribution in [0.4, 0.5) is 0 Å². The Bertz CT molecular complexity index is 660. The molecule has 0 amide bonds. The van der Waals surface area contributed by atoms with Crippen molar-refractivity contribution in [3.63, 3.8) is 0 Å². The first kappa shape index (κ1) is 11.6. The number of hydrogen-bond acceptors (Lipinski definition) is 4. The van der Waals surface area contributed by atoms with E-state index in [2.05, 4.69) is 5.10 Å². The Morgan fingerprint density at radius 3 is 2.95 bits per heavy atom. The van der Waals surface area contributed by atoms with Crippen molar-refractivity contribution in [2.75, 3.05) is 0 Å². The van der Waals surface area contributed by atoms with E-state index in [0.29, 0.717) is 11.1 Å². The van der Waals surface area contributed by atoms with Crippen molar-refractivity contribution in [3.8, 4) is 0 Å². The van der Waals surface area contributed by atoms with Gasteiger partial charge in [-0.1, -0.05) is 18.2 Å². The van der Waals surface area contributed by atoms with Gasteiger partial charge in [0.2, 0.25) is 0 Å². The predicted octanol–water partition coefficient (Wildman–Crippen LogP) is 1.90. The molecular formula is C14H12N2O3. The fraction of sp³-hybridized carbons (Fsp3) is 0.214. The van der Waals surface area contributed by atoms with Crippen LogP contribution in [0.2, 0.25) is 0 Å². The zero-order chi connectivity index (χ0) is 13.4. The first-order valence-corrected chi connectivity index (χ1v) is 5.97. The highest BCUT2D eigenvalue weighted by Crippen LogP contribution is 2.33. The van der Waals surface area contributed by atoms with E-state index in [1.54, 1.807) is 30.1 Å². The second kappa shape index (κ2) is 4.35. The Hall–Kier alpha value is -2.43. The molecule has 19 heavy (non-hydrogen) atoms. The molecule has 0 N–H and O–H groups in total. The number of ketones is 1. The molecule has 1 aromatic heterocycles. The molecule has 5 heteroatoms. The average molecular weight is 256 g/mol. The number of cyclic esters (lactones) is 1. The Labute approximate surface area is 109 Å². The molecule has 0 fully saturated rings. The Morgan fingerprint density at radius 1 is 1.42 bits per heavy atom. The van der Waals surface area contributed by atoms with Crippen molar-refractivity contribution in [2.24, 2.45) is 7.05 Å². The maximum Gasteiger partial charge on any atom is 0.339 e. The van der Waals surface area contributed by atoms with Gasteiger partial charge >= 0.3 is 5.97 Å². The third-order valence-electron chi connectivity index (χ3n) is 3.17. The molecule has 0 unspecified atom stereocenters. The molecule has 0 saturated carbocycles. The fourth-order valence-electron chi connectivity index (χ4n) is 2.22. The first-order chi connectivity index (χ1) is 9.15. The standard InChI is InChI=1S/C14H12N2O3/c1-16-8-9(7-15-16)12(17)6-13-10-4-2-3-5-11(10)14(18)19-13/h2-5,7-8,13H,6H2,1H3/t13-/m1/s1. The predicted molar refractivity (Wildman–Crippen MR) is 66.8 cm³/mol. The summed E-state index contributed by atoms with van der Waals surface area (Å²) in [5, 5.41) is 3.96. The number of Topliss-reactive ketones (excluding diaryl/α,β-unsaturated/α-hetero) is 1. The highest BCUT2D eigenvalue weighted by atomic mass is 16.5. The minimum atomic E-state index is -0.489. The van der Waals surface area contributed by atoms with E-state index in [0.717, 1.165) is 5.56 Å². The second-order valence-electron chi connectivity index (χ2n) is 4.51. The summed E-state index contributed by atoms with van der Waals surface area (Å²) in [6.45, 7) is 0. The molecule has 0 bridgehead atoms. The summed E-state index contributed by atoms with van der Waals surface area (Å²) in [4.78, 5) is 23.7. The minimum absolute atomic E-state index is 0.0809. The molecule has 2 aromatic rings. The van der Waals surface area contributed by atoms with Crippen LogP contribution in [0.15, 0.2) is 36.7 Å². The summed E-state index contributed by atoms with van der Waals surface area (Å²) >= 11 is 0. The molecule has 0 radical (unpaired) electrons. The van der Waals surface area contributed by atoms with Crippen LogP contribution in [-0.2, 0) is 11.8 Å². The maximum absolute atomic E-state index is 12.1. The van der Waals surface area contributed by atoms with Crippen LogP contribution in [0.1, 0.15) is 38.8 Å². The Kier molecular flexibility index (Phi) is 2.67. The van der Waals surface area contributed by atoms with Crippen molar-refractivity contribution < 1.29 is 14.3 Å². The molecule has 3 rings (SSSR count). The summed E-state index contributed by atoms with van der Waals surface area (Å²) in [6.07, 6.45) is 2.83. The number of carbonyl (C=O) groups excluding carboxylic acids is 2. The zero-order valence-electron chi connectivity index (χ0n) is 10.4. The lowest BCUT2D eigenvalue weighted by atomic mass is 10.00. The van der Waals surface area contributed by atoms with Crippen molar-refractivity contribution in [2.45, 2.75) is 12.5 Å². The van der Waals surface area contributed by atoms with Crippen molar-refractivity contribution in [1.82, 2.24) is 9.78 Å². The molecule has 5 nitrogen and oxygen atoms in total. The highest BCUT2D eigenvalue weighted by Gasteiger charge is 2.32. The number of aryl methyl sites for hydroxylation is 1. The van der Waals surface area contributed by atoms with Crippen LogP contribution < -0.4 is 0 Å². The van der Waals surface area contributed by atoms with Crippen LogP contribution in [0, 0.1) is 0 Å². The van der Waals surface area contributed by atoms with Crippen molar-refractivity contribution >= 4 is 11.8 Å². The maximum atomic E-state index is 12.1. The van der Waals surface area contributed by atoms with Gasteiger partial charge in [-0.15, -0.1) is 0 Å². The SMILES string of the molecule is Cn1cc(C(=O)C[C@H]2OC(=O)c3ccccc32)cn1. The number of nitrogens with zero attached hydrogens (tertiary/aromatic N) is 2. The quantitative estimate of drug-likeness (QED) is 0.621. The van der Waals surface area contributed by atoms with Crippen LogP contribution in [0.25, 0.3) is 0 Å². The van der Waals surface area contributed by atoms with Gasteiger partial charge in [0.15, 0.2) is 5.78 Å². The van der Waals surface area contributed by atoms with Gasteiger partial charge in [-0.05, 0) is 6.07 Å². The third kappa shape index (κ3) is 2.03. The van der Waals surface area contributed by atoms with E-state index in [9.17, 15) is 9.59 Å². The molecule has 1 aromatic carbocycles. The minimum Gasteiger partial charge on any atom is -0.453 e. The summed E-state index contributed by atoms with van der Waals surface area (Å²) < 4.78 is 6.82. The van der Waals surface area contributed by atoms with Gasteiger partial charge in [0, 0.05) is 18.8 Å². The summed E-state index contributed by atoms with van der Waals surface area (Å²) in [7, 11) is 1.75. The average Bonchev–Trinajstić information content (AvgIpc) is 2.96. The number of carbonyl (C=O) groups is 2. The van der Waals surface area contributed by atoms with E-state index < -0.39 is 6.10 Å². The van der Waals surface area contributed by atoms with Crippen LogP contribution in [0.3, 0.4) is 0 Å². The monoisotopic (exact) mass is 256 g/mol. The van der Waals surface area contributed by atoms with Gasteiger partial charge in [-0.25, -0.2) is 4.79 Å². The van der Waals surface area contributed by atoms with Gasteiger partial charge in [-0.2, -0.15) is 5.10 Å². The number of fused-ring (bicyclic) bond motifs is 1. The summed E-state index contributed by atoms with van der Waals surface area (Å²) in [6, 6.07) is 7.15. The topological polar surface area (TPSA) is 61.2 Å². The van der Waals surface area contributed by atoms with Crippen LogP contribution >= 0.6 is 0 Å². The van der Waals surface area contributed by atoms with E-state index in [4.69, 9.17) is 4.74 Å². The number of esters is 1. The molecule has 0 spiro atoms. The van der Waals surface area contributed by atoms with E-state index >= 15 is 0 Å². The van der Waals surface area contributed by atoms with Gasteiger partial charge in [0.1, 0.15) is 6.10 Å². The number of rotatable bonds is 3. The van der Waals surface area contributed by atoms with Gasteiger partial charge < -0.3 is 4.74 Å². The molecule has 96 valence electrons. The largest absolute Gasteiger partial charge is 0.453 e. The van der Waals surface area contributed by atoms with E-state index in [1.807, 2.05) is 12.1 Å². The second-order valence-corrected chi connectivity index (χ2v) is 4.51. The normalized spacial score (nSPS) is 17.1. The van der Waals surface area contributed by atoms with Crippen molar-refractivity contribution in [3.05, 3.63) is 53.3 Å². The van der Waals surface area contributed by atoms with Gasteiger partial charge in [0.05, 0.1) is 23.7 Å². The van der Waals surface area contributed by atoms with E-state index in [-0.39, 0.29) is 18.2 Å². The highest BCUT2D eigenvalue weighted by molar-refractivity contribution is 5.98. The molecular weight excluding hydrogens is 244 g/mol. The lowest BCUT2D eigenvalue weighted by Gasteiger charge is -2.08. The molecule has 0 saturated heterocycles. The smallest absolute Gasteiger partial charge is 0.339 e.